The van der Waals surface area contributed by atoms with Gasteiger partial charge in [-0.1, -0.05) is 19.9 Å². The Morgan fingerprint density at radius 2 is 2.03 bits per heavy atom. The Balaban J connectivity index is 1.44. The third kappa shape index (κ3) is 4.34. The van der Waals surface area contributed by atoms with Gasteiger partial charge in [-0.3, -0.25) is 9.48 Å². The number of methoxy groups -OCH3 is 1. The van der Waals surface area contributed by atoms with Gasteiger partial charge in [0.2, 0.25) is 17.7 Å². The number of hydrogen-bond donors (Lipinski definition) is 2. The van der Waals surface area contributed by atoms with Gasteiger partial charge in [0.15, 0.2) is 5.82 Å². The molecule has 0 aromatic carbocycles. The minimum atomic E-state index is -0.268. The number of carbonyl (C=O) groups is 1. The van der Waals surface area contributed by atoms with Gasteiger partial charge >= 0.3 is 0 Å². The smallest absolute Gasteiger partial charge is 0.247 e. The molecule has 1 aliphatic rings. The van der Waals surface area contributed by atoms with E-state index in [0.29, 0.717) is 30.6 Å². The maximum Gasteiger partial charge on any atom is 0.247 e. The van der Waals surface area contributed by atoms with E-state index >= 15 is 0 Å². The fourth-order valence-corrected chi connectivity index (χ4v) is 3.87. The molecule has 4 heterocycles. The maximum atomic E-state index is 12.5. The van der Waals surface area contributed by atoms with Crippen LogP contribution in [0.4, 0.5) is 17.5 Å². The second kappa shape index (κ2) is 8.81. The molecule has 10 nitrogen and oxygen atoms in total. The second-order valence-electron chi connectivity index (χ2n) is 8.23. The summed E-state index contributed by atoms with van der Waals surface area (Å²) in [5.74, 6) is 1.96. The molecule has 4 rings (SSSR count). The van der Waals surface area contributed by atoms with Gasteiger partial charge in [0.25, 0.3) is 0 Å². The van der Waals surface area contributed by atoms with Crippen molar-refractivity contribution in [2.75, 3.05) is 29.7 Å². The van der Waals surface area contributed by atoms with Crippen LogP contribution in [-0.2, 0) is 17.9 Å². The number of amides is 1. The molecule has 0 bridgehead atoms. The molecule has 0 fully saturated rings. The normalized spacial score (nSPS) is 15.5. The number of anilines is 3. The number of carbonyl (C=O) groups excluding carboxylic acids is 1. The first-order valence-corrected chi connectivity index (χ1v) is 10.5. The summed E-state index contributed by atoms with van der Waals surface area (Å²) >= 11 is 0. The highest BCUT2D eigenvalue weighted by Gasteiger charge is 2.35. The van der Waals surface area contributed by atoms with Crippen molar-refractivity contribution in [3.8, 4) is 5.88 Å². The lowest BCUT2D eigenvalue weighted by Crippen LogP contribution is -2.49. The molecule has 0 aliphatic carbocycles. The van der Waals surface area contributed by atoms with Crippen LogP contribution in [0.15, 0.2) is 30.7 Å². The Hall–Kier alpha value is -3.69. The average Bonchev–Trinajstić information content (AvgIpc) is 3.21. The summed E-state index contributed by atoms with van der Waals surface area (Å²) < 4.78 is 6.95. The monoisotopic (exact) mass is 436 g/mol. The molecule has 3 aromatic rings. The quantitative estimate of drug-likeness (QED) is 0.581. The zero-order chi connectivity index (χ0) is 22.8. The predicted molar refractivity (Wildman–Crippen MR) is 122 cm³/mol. The molecule has 0 saturated carbocycles. The largest absolute Gasteiger partial charge is 0.481 e. The number of likely N-dealkylation sites (N-methyl/N-ethyl adjacent to an activating group) is 1. The van der Waals surface area contributed by atoms with Crippen molar-refractivity contribution in [1.29, 1.82) is 0 Å². The molecule has 1 unspecified atom stereocenters. The van der Waals surface area contributed by atoms with Crippen LogP contribution in [-0.4, -0.2) is 50.8 Å². The van der Waals surface area contributed by atoms with E-state index in [2.05, 4.69) is 30.7 Å². The Bertz CT molecular complexity index is 1110. The fraction of sp³-hybridized carbons (Fsp3) is 0.409. The number of aryl methyl sites for hydroxylation is 1. The van der Waals surface area contributed by atoms with Gasteiger partial charge in [0.1, 0.15) is 11.7 Å². The second-order valence-corrected chi connectivity index (χ2v) is 8.23. The first-order chi connectivity index (χ1) is 15.4. The molecular formula is C22H28N8O2. The minimum absolute atomic E-state index is 0.0260. The van der Waals surface area contributed by atoms with Gasteiger partial charge in [-0.2, -0.15) is 10.1 Å². The highest BCUT2D eigenvalue weighted by Crippen LogP contribution is 2.34. The highest BCUT2D eigenvalue weighted by atomic mass is 16.5. The zero-order valence-electron chi connectivity index (χ0n) is 19.0. The maximum absolute atomic E-state index is 12.5. The van der Waals surface area contributed by atoms with Crippen LogP contribution in [0.5, 0.6) is 5.88 Å². The number of hydrogen-bond acceptors (Lipinski definition) is 8. The SMILES string of the molecule is COc1ccc(Cn2cc(CNc3nc(C)c4c(n3)N(C)C(C(C)C)C(=O)N4)cn2)cn1. The summed E-state index contributed by atoms with van der Waals surface area (Å²) in [5, 5.41) is 10.7. The van der Waals surface area contributed by atoms with Crippen molar-refractivity contribution in [3.05, 3.63) is 47.5 Å². The van der Waals surface area contributed by atoms with Gasteiger partial charge in [-0.05, 0) is 18.4 Å². The van der Waals surface area contributed by atoms with E-state index in [1.807, 2.05) is 61.9 Å². The van der Waals surface area contributed by atoms with E-state index < -0.39 is 0 Å². The Morgan fingerprint density at radius 3 is 2.72 bits per heavy atom. The molecule has 0 spiro atoms. The molecule has 168 valence electrons. The van der Waals surface area contributed by atoms with Crippen molar-refractivity contribution >= 4 is 23.4 Å². The minimum Gasteiger partial charge on any atom is -0.481 e. The van der Waals surface area contributed by atoms with Crippen molar-refractivity contribution in [2.24, 2.45) is 5.92 Å². The number of nitrogens with zero attached hydrogens (tertiary/aromatic N) is 6. The van der Waals surface area contributed by atoms with E-state index in [1.54, 1.807) is 13.3 Å². The van der Waals surface area contributed by atoms with Gasteiger partial charge in [0.05, 0.1) is 25.5 Å². The van der Waals surface area contributed by atoms with Crippen LogP contribution < -0.4 is 20.3 Å². The molecule has 2 N–H and O–H groups in total. The molecular weight excluding hydrogens is 408 g/mol. The van der Waals surface area contributed by atoms with Crippen LogP contribution in [0.3, 0.4) is 0 Å². The van der Waals surface area contributed by atoms with Crippen molar-refractivity contribution in [1.82, 2.24) is 24.7 Å². The Kier molecular flexibility index (Phi) is 5.93. The number of nitrogens with one attached hydrogen (secondary N) is 2. The van der Waals surface area contributed by atoms with Crippen LogP contribution >= 0.6 is 0 Å². The van der Waals surface area contributed by atoms with Gasteiger partial charge in [-0.25, -0.2) is 9.97 Å². The average molecular weight is 437 g/mol. The molecule has 10 heteroatoms. The molecule has 1 aliphatic heterocycles. The van der Waals surface area contributed by atoms with Crippen molar-refractivity contribution < 1.29 is 9.53 Å². The molecule has 0 radical (unpaired) electrons. The summed E-state index contributed by atoms with van der Waals surface area (Å²) in [6.07, 6.45) is 5.57. The lowest BCUT2D eigenvalue weighted by molar-refractivity contribution is -0.118. The first kappa shape index (κ1) is 21.5. The van der Waals surface area contributed by atoms with E-state index in [9.17, 15) is 4.79 Å². The van der Waals surface area contributed by atoms with Gasteiger partial charge in [0, 0.05) is 37.6 Å². The van der Waals surface area contributed by atoms with Gasteiger partial charge in [-0.15, -0.1) is 0 Å². The summed E-state index contributed by atoms with van der Waals surface area (Å²) in [5.41, 5.74) is 3.43. The van der Waals surface area contributed by atoms with Gasteiger partial charge < -0.3 is 20.3 Å². The standard InChI is InChI=1S/C22H28N8O2/c1-13(2)19-21(31)27-18-14(3)26-22(28-20(18)29(19)4)24-9-16-10-25-30(12-16)11-15-6-7-17(32-5)23-8-15/h6-8,10,12-13,19H,9,11H2,1-5H3,(H,27,31)(H,24,26,28). The molecule has 32 heavy (non-hydrogen) atoms. The number of ether oxygens (including phenoxy) is 1. The number of fused-ring (bicyclic) bond motifs is 1. The van der Waals surface area contributed by atoms with E-state index in [0.717, 1.165) is 22.6 Å². The number of rotatable bonds is 7. The van der Waals surface area contributed by atoms with Crippen LogP contribution in [0.1, 0.15) is 30.7 Å². The third-order valence-corrected chi connectivity index (χ3v) is 5.46. The first-order valence-electron chi connectivity index (χ1n) is 10.5. The highest BCUT2D eigenvalue weighted by molar-refractivity contribution is 6.03. The Morgan fingerprint density at radius 1 is 1.22 bits per heavy atom. The predicted octanol–water partition coefficient (Wildman–Crippen LogP) is 2.46. The lowest BCUT2D eigenvalue weighted by Gasteiger charge is -2.36. The van der Waals surface area contributed by atoms with E-state index in [1.165, 1.54) is 0 Å². The molecule has 3 aromatic heterocycles. The van der Waals surface area contributed by atoms with Crippen LogP contribution in [0.25, 0.3) is 0 Å². The molecule has 0 saturated heterocycles. The van der Waals surface area contributed by atoms with E-state index in [-0.39, 0.29) is 17.9 Å². The molecule has 1 atom stereocenters. The Labute approximate surface area is 187 Å². The van der Waals surface area contributed by atoms with Crippen LogP contribution in [0.2, 0.25) is 0 Å². The topological polar surface area (TPSA) is 110 Å². The summed E-state index contributed by atoms with van der Waals surface area (Å²) in [6.45, 7) is 7.07. The number of pyridine rings is 1. The summed E-state index contributed by atoms with van der Waals surface area (Å²) in [7, 11) is 3.50. The van der Waals surface area contributed by atoms with Crippen molar-refractivity contribution in [2.45, 2.75) is 39.9 Å². The van der Waals surface area contributed by atoms with Crippen molar-refractivity contribution in [3.63, 3.8) is 0 Å². The van der Waals surface area contributed by atoms with Crippen LogP contribution in [0, 0.1) is 12.8 Å². The third-order valence-electron chi connectivity index (χ3n) is 5.46. The van der Waals surface area contributed by atoms with E-state index in [4.69, 9.17) is 4.74 Å². The lowest BCUT2D eigenvalue weighted by atomic mass is 9.99. The fourth-order valence-electron chi connectivity index (χ4n) is 3.87. The zero-order valence-corrected chi connectivity index (χ0v) is 19.0. The summed E-state index contributed by atoms with van der Waals surface area (Å²) in [6, 6.07) is 3.53. The summed E-state index contributed by atoms with van der Waals surface area (Å²) in [4.78, 5) is 27.8. The molecule has 1 amide bonds. The number of aromatic nitrogens is 5.